The fourth-order valence-corrected chi connectivity index (χ4v) is 1.63. The molecular weight excluding hydrogens is 273 g/mol. The molecule has 4 nitrogen and oxygen atoms in total. The summed E-state index contributed by atoms with van der Waals surface area (Å²) >= 11 is 11.7. The number of halogens is 2. The van der Waals surface area contributed by atoms with Crippen LogP contribution in [-0.2, 0) is 0 Å². The van der Waals surface area contributed by atoms with Crippen LogP contribution in [0.1, 0.15) is 19.3 Å². The van der Waals surface area contributed by atoms with Crippen molar-refractivity contribution >= 4 is 34.9 Å². The number of benzene rings is 1. The summed E-state index contributed by atoms with van der Waals surface area (Å²) in [5.41, 5.74) is 0.471. The predicted octanol–water partition coefficient (Wildman–Crippen LogP) is 3.81. The van der Waals surface area contributed by atoms with Crippen molar-refractivity contribution in [3.05, 3.63) is 28.2 Å². The Hall–Kier alpha value is -1.44. The maximum Gasteiger partial charge on any atom is 0.319 e. The molecular formula is C12H13Cl2N3O. The normalized spacial score (nSPS) is 9.61. The second-order valence-corrected chi connectivity index (χ2v) is 4.46. The number of nitrogens with zero attached hydrogens (tertiary/aromatic N) is 1. The third-order valence-corrected chi connectivity index (χ3v) is 2.74. The molecule has 0 radical (unpaired) electrons. The Balaban J connectivity index is 2.36. The predicted molar refractivity (Wildman–Crippen MR) is 72.9 cm³/mol. The molecule has 0 aliphatic heterocycles. The van der Waals surface area contributed by atoms with Gasteiger partial charge in [0.2, 0.25) is 0 Å². The molecule has 0 bridgehead atoms. The van der Waals surface area contributed by atoms with Gasteiger partial charge in [-0.3, -0.25) is 0 Å². The summed E-state index contributed by atoms with van der Waals surface area (Å²) in [6.07, 6.45) is 2.04. The van der Waals surface area contributed by atoms with Crippen molar-refractivity contribution in [1.29, 1.82) is 5.26 Å². The first-order valence-electron chi connectivity index (χ1n) is 5.50. The summed E-state index contributed by atoms with van der Waals surface area (Å²) in [4.78, 5) is 11.5. The third kappa shape index (κ3) is 5.26. The first kappa shape index (κ1) is 14.6. The maximum atomic E-state index is 11.5. The van der Waals surface area contributed by atoms with Gasteiger partial charge in [0.05, 0.1) is 16.8 Å². The van der Waals surface area contributed by atoms with Crippen LogP contribution in [-0.4, -0.2) is 12.6 Å². The van der Waals surface area contributed by atoms with Gasteiger partial charge in [-0.25, -0.2) is 4.79 Å². The SMILES string of the molecule is N#CCCCCNC(=O)Nc1cc(Cl)ccc1Cl. The highest BCUT2D eigenvalue weighted by molar-refractivity contribution is 6.35. The van der Waals surface area contributed by atoms with E-state index in [0.717, 1.165) is 12.8 Å². The number of nitriles is 1. The van der Waals surface area contributed by atoms with Crippen molar-refractivity contribution in [2.45, 2.75) is 19.3 Å². The van der Waals surface area contributed by atoms with Crippen LogP contribution in [0.4, 0.5) is 10.5 Å². The van der Waals surface area contributed by atoms with E-state index in [4.69, 9.17) is 28.5 Å². The van der Waals surface area contributed by atoms with Crippen molar-refractivity contribution in [2.24, 2.45) is 0 Å². The lowest BCUT2D eigenvalue weighted by molar-refractivity contribution is 0.252. The molecule has 6 heteroatoms. The Kier molecular flexibility index (Phi) is 6.34. The molecule has 1 rings (SSSR count). The molecule has 0 saturated heterocycles. The molecule has 2 N–H and O–H groups in total. The summed E-state index contributed by atoms with van der Waals surface area (Å²) in [7, 11) is 0. The molecule has 0 spiro atoms. The van der Waals surface area contributed by atoms with Crippen LogP contribution in [0.3, 0.4) is 0 Å². The summed E-state index contributed by atoms with van der Waals surface area (Å²) < 4.78 is 0. The zero-order valence-electron chi connectivity index (χ0n) is 9.67. The molecule has 2 amide bonds. The van der Waals surface area contributed by atoms with Gasteiger partial charge in [-0.05, 0) is 31.0 Å². The number of carbonyl (C=O) groups excluding carboxylic acids is 1. The smallest absolute Gasteiger partial charge is 0.319 e. The summed E-state index contributed by atoms with van der Waals surface area (Å²) in [6, 6.07) is 6.56. The molecule has 0 fully saturated rings. The van der Waals surface area contributed by atoms with Gasteiger partial charge in [0.25, 0.3) is 0 Å². The van der Waals surface area contributed by atoms with E-state index >= 15 is 0 Å². The van der Waals surface area contributed by atoms with Gasteiger partial charge in [-0.1, -0.05) is 23.2 Å². The van der Waals surface area contributed by atoms with E-state index in [-0.39, 0.29) is 6.03 Å². The van der Waals surface area contributed by atoms with Crippen LogP contribution in [0, 0.1) is 11.3 Å². The highest BCUT2D eigenvalue weighted by Crippen LogP contribution is 2.25. The van der Waals surface area contributed by atoms with E-state index in [0.29, 0.717) is 28.7 Å². The van der Waals surface area contributed by atoms with Crippen molar-refractivity contribution < 1.29 is 4.79 Å². The number of hydrogen-bond donors (Lipinski definition) is 2. The summed E-state index contributed by atoms with van der Waals surface area (Å²) in [5, 5.41) is 14.6. The third-order valence-electron chi connectivity index (χ3n) is 2.18. The highest BCUT2D eigenvalue weighted by Gasteiger charge is 2.05. The topological polar surface area (TPSA) is 64.9 Å². The lowest BCUT2D eigenvalue weighted by Gasteiger charge is -2.08. The summed E-state index contributed by atoms with van der Waals surface area (Å²) in [5.74, 6) is 0. The van der Waals surface area contributed by atoms with Gasteiger partial charge in [0, 0.05) is 18.0 Å². The maximum absolute atomic E-state index is 11.5. The minimum atomic E-state index is -0.337. The van der Waals surface area contributed by atoms with Crippen LogP contribution in [0.2, 0.25) is 10.0 Å². The molecule has 1 aromatic carbocycles. The van der Waals surface area contributed by atoms with E-state index in [1.54, 1.807) is 18.2 Å². The molecule has 0 aromatic heterocycles. The van der Waals surface area contributed by atoms with E-state index < -0.39 is 0 Å². The van der Waals surface area contributed by atoms with Crippen molar-refractivity contribution in [2.75, 3.05) is 11.9 Å². The van der Waals surface area contributed by atoms with Gasteiger partial charge in [-0.15, -0.1) is 0 Å². The molecule has 0 atom stereocenters. The molecule has 0 unspecified atom stereocenters. The molecule has 0 heterocycles. The monoisotopic (exact) mass is 285 g/mol. The summed E-state index contributed by atoms with van der Waals surface area (Å²) in [6.45, 7) is 0.520. The zero-order valence-corrected chi connectivity index (χ0v) is 11.2. The average Bonchev–Trinajstić information content (AvgIpc) is 2.33. The van der Waals surface area contributed by atoms with Crippen LogP contribution in [0.25, 0.3) is 0 Å². The lowest BCUT2D eigenvalue weighted by atomic mass is 10.2. The Morgan fingerprint density at radius 1 is 1.33 bits per heavy atom. The standard InChI is InChI=1S/C12H13Cl2N3O/c13-9-4-5-10(14)11(8-9)17-12(18)16-7-3-1-2-6-15/h4-5,8H,1-3,7H2,(H2,16,17,18). The molecule has 0 aliphatic rings. The number of carbonyl (C=O) groups is 1. The largest absolute Gasteiger partial charge is 0.338 e. The van der Waals surface area contributed by atoms with Crippen molar-refractivity contribution in [3.8, 4) is 6.07 Å². The van der Waals surface area contributed by atoms with Crippen LogP contribution < -0.4 is 10.6 Å². The second-order valence-electron chi connectivity index (χ2n) is 3.62. The van der Waals surface area contributed by atoms with E-state index in [9.17, 15) is 4.79 Å². The molecule has 96 valence electrons. The number of rotatable bonds is 5. The van der Waals surface area contributed by atoms with Crippen LogP contribution in [0.5, 0.6) is 0 Å². The van der Waals surface area contributed by atoms with E-state index in [2.05, 4.69) is 10.6 Å². The molecule has 0 saturated carbocycles. The van der Waals surface area contributed by atoms with Crippen molar-refractivity contribution in [1.82, 2.24) is 5.32 Å². The van der Waals surface area contributed by atoms with Crippen LogP contribution >= 0.6 is 23.2 Å². The average molecular weight is 286 g/mol. The molecule has 18 heavy (non-hydrogen) atoms. The number of unbranched alkanes of at least 4 members (excludes halogenated alkanes) is 2. The fraction of sp³-hybridized carbons (Fsp3) is 0.333. The fourth-order valence-electron chi connectivity index (χ4n) is 1.29. The van der Waals surface area contributed by atoms with Gasteiger partial charge in [0.1, 0.15) is 0 Å². The Bertz CT molecular complexity index is 457. The number of amides is 2. The van der Waals surface area contributed by atoms with Gasteiger partial charge in [0.15, 0.2) is 0 Å². The molecule has 0 aliphatic carbocycles. The van der Waals surface area contributed by atoms with E-state index in [1.807, 2.05) is 6.07 Å². The number of hydrogen-bond acceptors (Lipinski definition) is 2. The van der Waals surface area contributed by atoms with Gasteiger partial charge in [-0.2, -0.15) is 5.26 Å². The van der Waals surface area contributed by atoms with Crippen molar-refractivity contribution in [3.63, 3.8) is 0 Å². The quantitative estimate of drug-likeness (QED) is 0.808. The van der Waals surface area contributed by atoms with Gasteiger partial charge < -0.3 is 10.6 Å². The second kappa shape index (κ2) is 7.80. The first-order chi connectivity index (χ1) is 8.63. The Labute approximate surface area is 116 Å². The Morgan fingerprint density at radius 2 is 2.11 bits per heavy atom. The first-order valence-corrected chi connectivity index (χ1v) is 6.26. The van der Waals surface area contributed by atoms with Gasteiger partial charge >= 0.3 is 6.03 Å². The molecule has 1 aromatic rings. The zero-order chi connectivity index (χ0) is 13.4. The number of anilines is 1. The number of urea groups is 1. The minimum absolute atomic E-state index is 0.337. The minimum Gasteiger partial charge on any atom is -0.338 e. The van der Waals surface area contributed by atoms with Crippen LogP contribution in [0.15, 0.2) is 18.2 Å². The lowest BCUT2D eigenvalue weighted by Crippen LogP contribution is -2.29. The Morgan fingerprint density at radius 3 is 2.83 bits per heavy atom. The number of nitrogens with one attached hydrogen (secondary N) is 2. The van der Waals surface area contributed by atoms with E-state index in [1.165, 1.54) is 0 Å². The highest BCUT2D eigenvalue weighted by atomic mass is 35.5.